The van der Waals surface area contributed by atoms with Crippen LogP contribution >= 0.6 is 15.9 Å². The summed E-state index contributed by atoms with van der Waals surface area (Å²) < 4.78 is 11.8. The highest BCUT2D eigenvalue weighted by Gasteiger charge is 2.20. The number of halogens is 1. The average molecular weight is 381 g/mol. The summed E-state index contributed by atoms with van der Waals surface area (Å²) in [5.41, 5.74) is 1.75. The first kappa shape index (κ1) is 15.4. The summed E-state index contributed by atoms with van der Waals surface area (Å²) in [6, 6.07) is 3.61. The van der Waals surface area contributed by atoms with Crippen molar-refractivity contribution in [3.63, 3.8) is 0 Å². The van der Waals surface area contributed by atoms with Crippen LogP contribution in [0.2, 0.25) is 0 Å². The number of H-pyrrole nitrogens is 1. The molecule has 0 aliphatic carbocycles. The molecule has 0 radical (unpaired) electrons. The monoisotopic (exact) mass is 380 g/mol. The van der Waals surface area contributed by atoms with Crippen LogP contribution in [0, 0.1) is 0 Å². The molecule has 23 heavy (non-hydrogen) atoms. The summed E-state index contributed by atoms with van der Waals surface area (Å²) in [5.74, 6) is -0.335. The van der Waals surface area contributed by atoms with E-state index in [2.05, 4.69) is 26.2 Å². The highest BCUT2D eigenvalue weighted by atomic mass is 79.9. The predicted molar refractivity (Wildman–Crippen MR) is 84.9 cm³/mol. The van der Waals surface area contributed by atoms with Gasteiger partial charge in [-0.1, -0.05) is 0 Å². The van der Waals surface area contributed by atoms with Gasteiger partial charge in [-0.2, -0.15) is 0 Å². The Morgan fingerprint density at radius 2 is 2.04 bits per heavy atom. The maximum Gasteiger partial charge on any atom is 0.322 e. The van der Waals surface area contributed by atoms with Crippen molar-refractivity contribution in [1.29, 1.82) is 0 Å². The Morgan fingerprint density at radius 1 is 1.26 bits per heavy atom. The second-order valence-corrected chi connectivity index (χ2v) is 5.70. The fourth-order valence-corrected chi connectivity index (χ4v) is 2.86. The number of hydrogen-bond donors (Lipinski definition) is 3. The van der Waals surface area contributed by atoms with Crippen molar-refractivity contribution in [2.24, 2.45) is 0 Å². The molecule has 1 aromatic heterocycles. The first-order valence-electron chi connectivity index (χ1n) is 6.82. The molecular formula is C15H13BrN2O5. The Balaban J connectivity index is 1.94. The van der Waals surface area contributed by atoms with Gasteiger partial charge in [0.15, 0.2) is 11.5 Å². The highest BCUT2D eigenvalue weighted by molar-refractivity contribution is 9.10. The molecule has 0 fully saturated rings. The van der Waals surface area contributed by atoms with Crippen LogP contribution < -0.4 is 14.8 Å². The van der Waals surface area contributed by atoms with Crippen molar-refractivity contribution in [3.05, 3.63) is 34.6 Å². The van der Waals surface area contributed by atoms with Crippen LogP contribution in [0.25, 0.3) is 11.1 Å². The summed E-state index contributed by atoms with van der Waals surface area (Å²) in [7, 11) is 0. The second-order valence-electron chi connectivity index (χ2n) is 4.84. The van der Waals surface area contributed by atoms with E-state index in [0.717, 1.165) is 10.0 Å². The first-order chi connectivity index (χ1) is 11.1. The van der Waals surface area contributed by atoms with Crippen molar-refractivity contribution in [1.82, 2.24) is 10.3 Å². The maximum atomic E-state index is 12.1. The van der Waals surface area contributed by atoms with E-state index in [-0.39, 0.29) is 0 Å². The molecule has 0 bridgehead atoms. The van der Waals surface area contributed by atoms with Crippen molar-refractivity contribution >= 4 is 27.8 Å². The van der Waals surface area contributed by atoms with E-state index >= 15 is 0 Å². The normalized spacial score (nSPS) is 12.7. The van der Waals surface area contributed by atoms with Gasteiger partial charge in [-0.25, -0.2) is 0 Å². The lowest BCUT2D eigenvalue weighted by Crippen LogP contribution is -2.29. The summed E-state index contributed by atoms with van der Waals surface area (Å²) >= 11 is 3.44. The molecule has 1 amide bonds. The van der Waals surface area contributed by atoms with Gasteiger partial charge in [0.1, 0.15) is 19.8 Å². The largest absolute Gasteiger partial charge is 0.486 e. The number of ether oxygens (including phenoxy) is 2. The van der Waals surface area contributed by atoms with E-state index < -0.39 is 18.4 Å². The fraction of sp³-hybridized carbons (Fsp3) is 0.200. The summed E-state index contributed by atoms with van der Waals surface area (Å²) in [5, 5.41) is 11.0. The highest BCUT2D eigenvalue weighted by Crippen LogP contribution is 2.41. The molecule has 3 rings (SSSR count). The van der Waals surface area contributed by atoms with Gasteiger partial charge in [0.2, 0.25) is 0 Å². The third-order valence-electron chi connectivity index (χ3n) is 3.30. The minimum absolute atomic E-state index is 0.356. The second kappa shape index (κ2) is 6.33. The predicted octanol–water partition coefficient (Wildman–Crippen LogP) is 2.03. The maximum absolute atomic E-state index is 12.1. The molecule has 7 nitrogen and oxygen atoms in total. The lowest BCUT2D eigenvalue weighted by atomic mass is 10.0. The van der Waals surface area contributed by atoms with Gasteiger partial charge in [-0.05, 0) is 33.6 Å². The number of benzene rings is 1. The topological polar surface area (TPSA) is 101 Å². The van der Waals surface area contributed by atoms with Crippen molar-refractivity contribution in [2.75, 3.05) is 19.8 Å². The zero-order valence-corrected chi connectivity index (χ0v) is 13.5. The number of carboxylic acids is 1. The Morgan fingerprint density at radius 3 is 2.83 bits per heavy atom. The van der Waals surface area contributed by atoms with E-state index in [4.69, 9.17) is 14.6 Å². The fourth-order valence-electron chi connectivity index (χ4n) is 2.31. The molecule has 1 aliphatic heterocycles. The van der Waals surface area contributed by atoms with Gasteiger partial charge in [0.25, 0.3) is 5.91 Å². The van der Waals surface area contributed by atoms with Crippen LogP contribution in [0.4, 0.5) is 0 Å². The molecule has 120 valence electrons. The molecule has 1 aromatic carbocycles. The number of amides is 1. The zero-order chi connectivity index (χ0) is 16.4. The van der Waals surface area contributed by atoms with E-state index in [9.17, 15) is 9.59 Å². The molecule has 0 atom stereocenters. The number of aromatic amines is 1. The number of carbonyl (C=O) groups excluding carboxylic acids is 1. The Kier molecular flexibility index (Phi) is 4.24. The lowest BCUT2D eigenvalue weighted by Gasteiger charge is -2.20. The van der Waals surface area contributed by atoms with Gasteiger partial charge < -0.3 is 24.9 Å². The van der Waals surface area contributed by atoms with Gasteiger partial charge >= 0.3 is 5.97 Å². The molecule has 0 unspecified atom stereocenters. The van der Waals surface area contributed by atoms with Crippen LogP contribution in [0.5, 0.6) is 11.5 Å². The van der Waals surface area contributed by atoms with E-state index in [1.165, 1.54) is 6.20 Å². The molecular weight excluding hydrogens is 368 g/mol. The number of nitrogens with one attached hydrogen (secondary N) is 2. The molecule has 2 heterocycles. The van der Waals surface area contributed by atoms with E-state index in [1.54, 1.807) is 12.3 Å². The van der Waals surface area contributed by atoms with Crippen molar-refractivity contribution < 1.29 is 24.2 Å². The third-order valence-corrected chi connectivity index (χ3v) is 3.89. The van der Waals surface area contributed by atoms with Crippen LogP contribution in [0.1, 0.15) is 10.4 Å². The van der Waals surface area contributed by atoms with Gasteiger partial charge in [-0.15, -0.1) is 0 Å². The van der Waals surface area contributed by atoms with Crippen LogP contribution in [-0.2, 0) is 4.79 Å². The number of carbonyl (C=O) groups is 2. The molecule has 0 saturated heterocycles. The minimum Gasteiger partial charge on any atom is -0.486 e. The Labute approximate surface area is 139 Å². The molecule has 0 spiro atoms. The Hall–Kier alpha value is -2.48. The number of aromatic nitrogens is 1. The quantitative estimate of drug-likeness (QED) is 0.753. The molecule has 8 heteroatoms. The number of fused-ring (bicyclic) bond motifs is 1. The van der Waals surface area contributed by atoms with Gasteiger partial charge in [0.05, 0.1) is 10.0 Å². The number of carboxylic acid groups (broad SMARTS) is 1. The Bertz CT molecular complexity index is 771. The molecule has 1 aliphatic rings. The van der Waals surface area contributed by atoms with E-state index in [0.29, 0.717) is 35.8 Å². The van der Waals surface area contributed by atoms with Crippen LogP contribution in [0.3, 0.4) is 0 Å². The van der Waals surface area contributed by atoms with Crippen LogP contribution in [0.15, 0.2) is 29.0 Å². The molecule has 2 aromatic rings. The SMILES string of the molecule is O=C(O)CNC(=O)c1c[nH]cc1-c1cc(Br)c2c(c1)OCCO2. The van der Waals surface area contributed by atoms with E-state index in [1.807, 2.05) is 6.07 Å². The summed E-state index contributed by atoms with van der Waals surface area (Å²) in [4.78, 5) is 25.6. The summed E-state index contributed by atoms with van der Waals surface area (Å²) in [6.45, 7) is 0.508. The number of hydrogen-bond acceptors (Lipinski definition) is 4. The lowest BCUT2D eigenvalue weighted by molar-refractivity contribution is -0.135. The molecule has 3 N–H and O–H groups in total. The number of rotatable bonds is 4. The van der Waals surface area contributed by atoms with Gasteiger partial charge in [-0.3, -0.25) is 9.59 Å². The summed E-state index contributed by atoms with van der Waals surface area (Å²) in [6.07, 6.45) is 3.20. The molecule has 0 saturated carbocycles. The van der Waals surface area contributed by atoms with Gasteiger partial charge in [0, 0.05) is 18.0 Å². The third kappa shape index (κ3) is 3.16. The zero-order valence-electron chi connectivity index (χ0n) is 11.9. The smallest absolute Gasteiger partial charge is 0.322 e. The van der Waals surface area contributed by atoms with Crippen LogP contribution in [-0.4, -0.2) is 41.7 Å². The standard InChI is InChI=1S/C15H13BrN2O5/c16-11-3-8(4-12-14(11)23-2-1-22-12)9-5-17-6-10(9)15(21)18-7-13(19)20/h3-6,17H,1-2,7H2,(H,18,21)(H,19,20). The minimum atomic E-state index is -1.10. The first-order valence-corrected chi connectivity index (χ1v) is 7.62. The van der Waals surface area contributed by atoms with Crippen molar-refractivity contribution in [3.8, 4) is 22.6 Å². The van der Waals surface area contributed by atoms with Crippen molar-refractivity contribution in [2.45, 2.75) is 0 Å². The number of aliphatic carboxylic acids is 1. The average Bonchev–Trinajstić information content (AvgIpc) is 3.02.